The van der Waals surface area contributed by atoms with E-state index in [1.54, 1.807) is 0 Å². The first-order chi connectivity index (χ1) is 6.07. The van der Waals surface area contributed by atoms with Gasteiger partial charge in [-0.05, 0) is 20.8 Å². The number of nitrogens with zero attached hydrogens (tertiary/aromatic N) is 2. The molecule has 0 aromatic carbocycles. The summed E-state index contributed by atoms with van der Waals surface area (Å²) in [6, 6.07) is 0. The highest BCUT2D eigenvalue weighted by molar-refractivity contribution is 4.89. The molecule has 1 N–H and O–H groups in total. The van der Waals surface area contributed by atoms with E-state index < -0.39 is 0 Å². The zero-order chi connectivity index (χ0) is 9.47. The highest BCUT2D eigenvalue weighted by atomic mass is 15.4. The van der Waals surface area contributed by atoms with Crippen LogP contribution in [0.25, 0.3) is 0 Å². The minimum absolute atomic E-state index is 0.350. The summed E-state index contributed by atoms with van der Waals surface area (Å²) in [7, 11) is 0. The molecular formula is C10H21N3. The molecule has 1 unspecified atom stereocenters. The van der Waals surface area contributed by atoms with E-state index in [0.717, 1.165) is 0 Å². The monoisotopic (exact) mass is 183 g/mol. The van der Waals surface area contributed by atoms with Crippen LogP contribution < -0.4 is 5.32 Å². The van der Waals surface area contributed by atoms with Crippen LogP contribution in [0.3, 0.4) is 0 Å². The van der Waals surface area contributed by atoms with Gasteiger partial charge in [-0.3, -0.25) is 15.1 Å². The van der Waals surface area contributed by atoms with Crippen molar-refractivity contribution in [3.8, 4) is 0 Å². The molecule has 3 nitrogen and oxygen atoms in total. The molecule has 3 heteroatoms. The average Bonchev–Trinajstić information content (AvgIpc) is 2.85. The molecule has 0 spiro atoms. The van der Waals surface area contributed by atoms with Gasteiger partial charge in [0.2, 0.25) is 0 Å². The Morgan fingerprint density at radius 2 is 1.62 bits per heavy atom. The van der Waals surface area contributed by atoms with Crippen molar-refractivity contribution < 1.29 is 0 Å². The average molecular weight is 183 g/mol. The lowest BCUT2D eigenvalue weighted by Crippen LogP contribution is -2.54. The van der Waals surface area contributed by atoms with Crippen molar-refractivity contribution in [2.24, 2.45) is 0 Å². The zero-order valence-corrected chi connectivity index (χ0v) is 9.01. The van der Waals surface area contributed by atoms with Crippen LogP contribution in [0.1, 0.15) is 20.8 Å². The quantitative estimate of drug-likeness (QED) is 0.594. The van der Waals surface area contributed by atoms with Crippen molar-refractivity contribution in [3.05, 3.63) is 0 Å². The SMILES string of the molecule is CC(C)(C)N1CCN(C2CN2)CC1. The van der Waals surface area contributed by atoms with Gasteiger partial charge in [0, 0.05) is 38.3 Å². The van der Waals surface area contributed by atoms with Crippen LogP contribution >= 0.6 is 0 Å². The summed E-state index contributed by atoms with van der Waals surface area (Å²) in [5, 5.41) is 3.37. The molecule has 2 heterocycles. The van der Waals surface area contributed by atoms with Gasteiger partial charge in [-0.1, -0.05) is 0 Å². The second-order valence-electron chi connectivity index (χ2n) is 5.12. The zero-order valence-electron chi connectivity index (χ0n) is 9.01. The maximum atomic E-state index is 3.37. The second kappa shape index (κ2) is 3.23. The molecule has 0 bridgehead atoms. The van der Waals surface area contributed by atoms with Crippen LogP contribution in [-0.2, 0) is 0 Å². The first kappa shape index (κ1) is 9.44. The summed E-state index contributed by atoms with van der Waals surface area (Å²) in [5.41, 5.74) is 0.350. The van der Waals surface area contributed by atoms with Crippen LogP contribution in [-0.4, -0.2) is 54.2 Å². The topological polar surface area (TPSA) is 28.4 Å². The Labute approximate surface area is 81.1 Å². The highest BCUT2D eigenvalue weighted by Gasteiger charge is 2.33. The molecular weight excluding hydrogens is 162 g/mol. The Hall–Kier alpha value is -0.120. The van der Waals surface area contributed by atoms with Crippen LogP contribution in [0.2, 0.25) is 0 Å². The fourth-order valence-corrected chi connectivity index (χ4v) is 2.02. The number of hydrogen-bond acceptors (Lipinski definition) is 3. The molecule has 0 aromatic heterocycles. The van der Waals surface area contributed by atoms with E-state index in [1.165, 1.54) is 32.7 Å². The third-order valence-corrected chi connectivity index (χ3v) is 3.09. The molecule has 2 aliphatic heterocycles. The van der Waals surface area contributed by atoms with Gasteiger partial charge in [-0.15, -0.1) is 0 Å². The van der Waals surface area contributed by atoms with Gasteiger partial charge < -0.3 is 0 Å². The molecule has 2 aliphatic rings. The Morgan fingerprint density at radius 1 is 1.08 bits per heavy atom. The van der Waals surface area contributed by atoms with Crippen LogP contribution in [0.5, 0.6) is 0 Å². The highest BCUT2D eigenvalue weighted by Crippen LogP contribution is 2.17. The Morgan fingerprint density at radius 3 is 2.00 bits per heavy atom. The molecule has 0 saturated carbocycles. The smallest absolute Gasteiger partial charge is 0.0728 e. The largest absolute Gasteiger partial charge is 0.298 e. The Bertz CT molecular complexity index is 173. The fourth-order valence-electron chi connectivity index (χ4n) is 2.02. The standard InChI is InChI=1S/C10H21N3/c1-10(2,3)13-6-4-12(5-7-13)9-8-11-9/h9,11H,4-8H2,1-3H3. The van der Waals surface area contributed by atoms with Crippen molar-refractivity contribution in [3.63, 3.8) is 0 Å². The van der Waals surface area contributed by atoms with Crippen LogP contribution in [0, 0.1) is 0 Å². The molecule has 0 aliphatic carbocycles. The summed E-state index contributed by atoms with van der Waals surface area (Å²) in [5.74, 6) is 0. The van der Waals surface area contributed by atoms with E-state index in [1.807, 2.05) is 0 Å². The van der Waals surface area contributed by atoms with E-state index >= 15 is 0 Å². The summed E-state index contributed by atoms with van der Waals surface area (Å²) in [4.78, 5) is 5.13. The molecule has 0 amide bonds. The van der Waals surface area contributed by atoms with Crippen molar-refractivity contribution in [2.45, 2.75) is 32.5 Å². The maximum absolute atomic E-state index is 3.37. The van der Waals surface area contributed by atoms with Crippen molar-refractivity contribution in [1.82, 2.24) is 15.1 Å². The number of piperazine rings is 1. The van der Waals surface area contributed by atoms with E-state index in [2.05, 4.69) is 35.9 Å². The third kappa shape index (κ3) is 2.22. The molecule has 76 valence electrons. The lowest BCUT2D eigenvalue weighted by Gasteiger charge is -2.42. The van der Waals surface area contributed by atoms with Gasteiger partial charge in [0.05, 0.1) is 6.17 Å². The minimum atomic E-state index is 0.350. The predicted molar refractivity (Wildman–Crippen MR) is 54.7 cm³/mol. The van der Waals surface area contributed by atoms with Gasteiger partial charge in [0.1, 0.15) is 0 Å². The lowest BCUT2D eigenvalue weighted by atomic mass is 10.1. The molecule has 13 heavy (non-hydrogen) atoms. The summed E-state index contributed by atoms with van der Waals surface area (Å²) in [6.07, 6.45) is 0.710. The maximum Gasteiger partial charge on any atom is 0.0728 e. The molecule has 2 rings (SSSR count). The first-order valence-electron chi connectivity index (χ1n) is 5.30. The molecule has 2 fully saturated rings. The Kier molecular flexibility index (Phi) is 2.34. The van der Waals surface area contributed by atoms with Gasteiger partial charge in [-0.25, -0.2) is 0 Å². The third-order valence-electron chi connectivity index (χ3n) is 3.09. The number of rotatable bonds is 1. The van der Waals surface area contributed by atoms with Gasteiger partial charge in [-0.2, -0.15) is 0 Å². The van der Waals surface area contributed by atoms with Crippen LogP contribution in [0.4, 0.5) is 0 Å². The summed E-state index contributed by atoms with van der Waals surface area (Å²) in [6.45, 7) is 13.0. The van der Waals surface area contributed by atoms with Crippen LogP contribution in [0.15, 0.2) is 0 Å². The molecule has 0 radical (unpaired) electrons. The lowest BCUT2D eigenvalue weighted by molar-refractivity contribution is 0.0582. The van der Waals surface area contributed by atoms with E-state index in [0.29, 0.717) is 11.7 Å². The van der Waals surface area contributed by atoms with Crippen molar-refractivity contribution in [2.75, 3.05) is 32.7 Å². The van der Waals surface area contributed by atoms with E-state index in [9.17, 15) is 0 Å². The minimum Gasteiger partial charge on any atom is -0.298 e. The number of nitrogens with one attached hydrogen (secondary N) is 1. The van der Waals surface area contributed by atoms with Gasteiger partial charge >= 0.3 is 0 Å². The summed E-state index contributed by atoms with van der Waals surface area (Å²) >= 11 is 0. The van der Waals surface area contributed by atoms with Gasteiger partial charge in [0.15, 0.2) is 0 Å². The normalized spacial score (nSPS) is 32.1. The van der Waals surface area contributed by atoms with E-state index in [4.69, 9.17) is 0 Å². The van der Waals surface area contributed by atoms with Crippen molar-refractivity contribution >= 4 is 0 Å². The molecule has 0 aromatic rings. The molecule has 1 atom stereocenters. The first-order valence-corrected chi connectivity index (χ1v) is 5.30. The van der Waals surface area contributed by atoms with Gasteiger partial charge in [0.25, 0.3) is 0 Å². The second-order valence-corrected chi connectivity index (χ2v) is 5.12. The summed E-state index contributed by atoms with van der Waals surface area (Å²) < 4.78 is 0. The predicted octanol–water partition coefficient (Wildman–Crippen LogP) is 0.332. The Balaban J connectivity index is 1.81. The molecule has 2 saturated heterocycles. The van der Waals surface area contributed by atoms with E-state index in [-0.39, 0.29) is 0 Å². The number of hydrogen-bond donors (Lipinski definition) is 1. The van der Waals surface area contributed by atoms with Crippen molar-refractivity contribution in [1.29, 1.82) is 0 Å². The fraction of sp³-hybridized carbons (Fsp3) is 1.00.